The molecule has 2 aromatic carbocycles. The van der Waals surface area contributed by atoms with E-state index in [2.05, 4.69) is 0 Å². The van der Waals surface area contributed by atoms with Crippen molar-refractivity contribution in [2.24, 2.45) is 0 Å². The van der Waals surface area contributed by atoms with Crippen LogP contribution in [0.5, 0.6) is 0 Å². The van der Waals surface area contributed by atoms with Gasteiger partial charge in [-0.2, -0.15) is 0 Å². The Morgan fingerprint density at radius 2 is 1.61 bits per heavy atom. The van der Waals surface area contributed by atoms with E-state index < -0.39 is 28.8 Å². The predicted molar refractivity (Wildman–Crippen MR) is 60.6 cm³/mol. The summed E-state index contributed by atoms with van der Waals surface area (Å²) in [5, 5.41) is 0. The van der Waals surface area contributed by atoms with Crippen molar-refractivity contribution in [3.8, 4) is 0 Å². The first kappa shape index (κ1) is 12.2. The summed E-state index contributed by atoms with van der Waals surface area (Å²) in [5.41, 5.74) is 4.67. The first-order valence-corrected chi connectivity index (χ1v) is 5.04. The van der Waals surface area contributed by atoms with Crippen LogP contribution >= 0.6 is 0 Å². The third-order valence-electron chi connectivity index (χ3n) is 2.43. The zero-order valence-electron chi connectivity index (χ0n) is 9.08. The second kappa shape index (κ2) is 4.52. The maximum absolute atomic E-state index is 13.4. The van der Waals surface area contributed by atoms with Gasteiger partial charge in [-0.3, -0.25) is 4.79 Å². The summed E-state index contributed by atoms with van der Waals surface area (Å²) >= 11 is 0. The number of hydrogen-bond donors (Lipinski definition) is 1. The number of benzene rings is 2. The minimum Gasteiger partial charge on any atom is -0.396 e. The molecule has 0 aromatic heterocycles. The van der Waals surface area contributed by atoms with Gasteiger partial charge in [0.1, 0.15) is 17.5 Å². The Morgan fingerprint density at radius 1 is 0.944 bits per heavy atom. The number of nitrogen functional groups attached to an aromatic ring is 1. The van der Waals surface area contributed by atoms with Crippen molar-refractivity contribution in [3.05, 3.63) is 65.0 Å². The average Bonchev–Trinajstić information content (AvgIpc) is 2.35. The molecule has 2 rings (SSSR count). The van der Waals surface area contributed by atoms with Crippen molar-refractivity contribution in [1.82, 2.24) is 0 Å². The van der Waals surface area contributed by atoms with Gasteiger partial charge in [0.15, 0.2) is 5.78 Å². The quantitative estimate of drug-likeness (QED) is 0.658. The van der Waals surface area contributed by atoms with E-state index in [-0.39, 0.29) is 11.3 Å². The van der Waals surface area contributed by atoms with E-state index in [1.807, 2.05) is 0 Å². The molecular formula is C13H8F3NO. The second-order valence-electron chi connectivity index (χ2n) is 3.69. The maximum Gasteiger partial charge on any atom is 0.196 e. The normalized spacial score (nSPS) is 10.4. The molecule has 2 aromatic rings. The van der Waals surface area contributed by atoms with Gasteiger partial charge in [-0.25, -0.2) is 13.2 Å². The summed E-state index contributed by atoms with van der Waals surface area (Å²) in [6.07, 6.45) is 0. The van der Waals surface area contributed by atoms with Crippen molar-refractivity contribution in [1.29, 1.82) is 0 Å². The van der Waals surface area contributed by atoms with Crippen LogP contribution in [-0.2, 0) is 0 Å². The highest BCUT2D eigenvalue weighted by Gasteiger charge is 2.16. The van der Waals surface area contributed by atoms with Crippen LogP contribution in [0.4, 0.5) is 18.9 Å². The molecule has 92 valence electrons. The molecule has 0 radical (unpaired) electrons. The van der Waals surface area contributed by atoms with Crippen LogP contribution in [0.2, 0.25) is 0 Å². The Labute approximate surface area is 101 Å². The number of nitrogens with two attached hydrogens (primary N) is 1. The predicted octanol–water partition coefficient (Wildman–Crippen LogP) is 2.92. The summed E-state index contributed by atoms with van der Waals surface area (Å²) in [6, 6.07) is 5.80. The van der Waals surface area contributed by atoms with Crippen LogP contribution in [0.1, 0.15) is 15.9 Å². The fourth-order valence-corrected chi connectivity index (χ4v) is 1.51. The molecule has 0 aliphatic rings. The number of carbonyl (C=O) groups is 1. The molecule has 0 fully saturated rings. The third kappa shape index (κ3) is 2.20. The molecule has 18 heavy (non-hydrogen) atoms. The van der Waals surface area contributed by atoms with Crippen molar-refractivity contribution < 1.29 is 18.0 Å². The van der Waals surface area contributed by atoms with Crippen LogP contribution < -0.4 is 5.73 Å². The highest BCUT2D eigenvalue weighted by molar-refractivity contribution is 6.09. The van der Waals surface area contributed by atoms with Gasteiger partial charge in [0.2, 0.25) is 0 Å². The molecule has 2 N–H and O–H groups in total. The summed E-state index contributed by atoms with van der Waals surface area (Å²) in [5.74, 6) is -3.00. The smallest absolute Gasteiger partial charge is 0.196 e. The van der Waals surface area contributed by atoms with E-state index in [0.29, 0.717) is 0 Å². The standard InChI is InChI=1S/C13H8F3NO/c14-8-2-4-10(15)9(6-8)13(18)7-1-3-11(16)12(17)5-7/h1-6H,17H2. The number of carbonyl (C=O) groups excluding carboxylic acids is 1. The van der Waals surface area contributed by atoms with Crippen molar-refractivity contribution in [2.45, 2.75) is 0 Å². The Bertz CT molecular complexity index is 626. The average molecular weight is 251 g/mol. The van der Waals surface area contributed by atoms with Gasteiger partial charge in [-0.1, -0.05) is 0 Å². The first-order valence-electron chi connectivity index (χ1n) is 5.04. The van der Waals surface area contributed by atoms with E-state index in [0.717, 1.165) is 30.3 Å². The fraction of sp³-hybridized carbons (Fsp3) is 0. The molecule has 5 heteroatoms. The zero-order chi connectivity index (χ0) is 13.3. The van der Waals surface area contributed by atoms with Gasteiger partial charge in [0.25, 0.3) is 0 Å². The Balaban J connectivity index is 2.47. The van der Waals surface area contributed by atoms with Gasteiger partial charge in [-0.05, 0) is 36.4 Å². The molecule has 0 atom stereocenters. The Kier molecular flexibility index (Phi) is 3.06. The lowest BCUT2D eigenvalue weighted by atomic mass is 10.0. The van der Waals surface area contributed by atoms with E-state index in [1.165, 1.54) is 6.07 Å². The number of hydrogen-bond acceptors (Lipinski definition) is 2. The minimum absolute atomic E-state index is 0.00148. The topological polar surface area (TPSA) is 43.1 Å². The van der Waals surface area contributed by atoms with E-state index >= 15 is 0 Å². The van der Waals surface area contributed by atoms with Crippen LogP contribution in [0.15, 0.2) is 36.4 Å². The van der Waals surface area contributed by atoms with Gasteiger partial charge in [0.05, 0.1) is 11.3 Å². The van der Waals surface area contributed by atoms with Crippen molar-refractivity contribution in [3.63, 3.8) is 0 Å². The molecule has 0 bridgehead atoms. The molecule has 0 unspecified atom stereocenters. The lowest BCUT2D eigenvalue weighted by Gasteiger charge is -2.04. The molecule has 2 nitrogen and oxygen atoms in total. The third-order valence-corrected chi connectivity index (χ3v) is 2.43. The first-order chi connectivity index (χ1) is 8.49. The Morgan fingerprint density at radius 3 is 2.28 bits per heavy atom. The van der Waals surface area contributed by atoms with Crippen LogP contribution in [0.3, 0.4) is 0 Å². The molecule has 0 aliphatic carbocycles. The van der Waals surface area contributed by atoms with Gasteiger partial charge in [-0.15, -0.1) is 0 Å². The van der Waals surface area contributed by atoms with E-state index in [4.69, 9.17) is 5.73 Å². The number of anilines is 1. The molecule has 0 amide bonds. The SMILES string of the molecule is Nc1cc(C(=O)c2cc(F)ccc2F)ccc1F. The molecule has 0 saturated heterocycles. The van der Waals surface area contributed by atoms with Crippen LogP contribution in [0.25, 0.3) is 0 Å². The van der Waals surface area contributed by atoms with Crippen molar-refractivity contribution >= 4 is 11.5 Å². The zero-order valence-corrected chi connectivity index (χ0v) is 9.08. The summed E-state index contributed by atoms with van der Waals surface area (Å²) < 4.78 is 39.3. The molecule has 0 aliphatic heterocycles. The Hall–Kier alpha value is -2.30. The minimum atomic E-state index is -0.843. The van der Waals surface area contributed by atoms with Crippen molar-refractivity contribution in [2.75, 3.05) is 5.73 Å². The monoisotopic (exact) mass is 251 g/mol. The highest BCUT2D eigenvalue weighted by atomic mass is 19.1. The fourth-order valence-electron chi connectivity index (χ4n) is 1.51. The highest BCUT2D eigenvalue weighted by Crippen LogP contribution is 2.18. The summed E-state index contributed by atoms with van der Waals surface area (Å²) in [4.78, 5) is 11.9. The molecule has 0 spiro atoms. The van der Waals surface area contributed by atoms with Crippen LogP contribution in [-0.4, -0.2) is 5.78 Å². The van der Waals surface area contributed by atoms with E-state index in [9.17, 15) is 18.0 Å². The van der Waals surface area contributed by atoms with Gasteiger partial charge < -0.3 is 5.73 Å². The molecule has 0 saturated carbocycles. The number of ketones is 1. The number of halogens is 3. The summed E-state index contributed by atoms with van der Waals surface area (Å²) in [7, 11) is 0. The number of rotatable bonds is 2. The molecule has 0 heterocycles. The van der Waals surface area contributed by atoms with Gasteiger partial charge >= 0.3 is 0 Å². The van der Waals surface area contributed by atoms with Gasteiger partial charge in [0, 0.05) is 5.56 Å². The van der Waals surface area contributed by atoms with E-state index in [1.54, 1.807) is 0 Å². The largest absolute Gasteiger partial charge is 0.396 e. The lowest BCUT2D eigenvalue weighted by molar-refractivity contribution is 0.103. The molecular weight excluding hydrogens is 243 g/mol. The lowest BCUT2D eigenvalue weighted by Crippen LogP contribution is -2.06. The van der Waals surface area contributed by atoms with Crippen LogP contribution in [0, 0.1) is 17.5 Å². The summed E-state index contributed by atoms with van der Waals surface area (Å²) in [6.45, 7) is 0. The second-order valence-corrected chi connectivity index (χ2v) is 3.69. The maximum atomic E-state index is 13.4.